The van der Waals surface area contributed by atoms with Gasteiger partial charge in [-0.25, -0.2) is 8.42 Å². The topological polar surface area (TPSA) is 95.9 Å². The van der Waals surface area contributed by atoms with Crippen LogP contribution in [0.5, 0.6) is 11.5 Å². The Morgan fingerprint density at radius 1 is 0.682 bits per heavy atom. The Labute approximate surface area is 244 Å². The SMILES string of the molecule is O=S(=O)([O-])C(F)(F)C(Oc1ccc([S+](c2ccccc2)c2ccc(OCC(O)(C(F)(F)F)C(F)(F)F)cc2)cc1)C(F)(F)F. The van der Waals surface area contributed by atoms with Crippen LogP contribution in [0.15, 0.2) is 93.5 Å². The zero-order chi connectivity index (χ0) is 33.4. The highest BCUT2D eigenvalue weighted by molar-refractivity contribution is 7.97. The number of alkyl halides is 11. The second-order valence-electron chi connectivity index (χ2n) is 8.76. The van der Waals surface area contributed by atoms with Crippen molar-refractivity contribution in [1.82, 2.24) is 0 Å². The first kappa shape index (κ1) is 35.2. The minimum Gasteiger partial charge on any atom is -0.743 e. The fourth-order valence-corrected chi connectivity index (χ4v) is 5.90. The van der Waals surface area contributed by atoms with Crippen LogP contribution in [0.1, 0.15) is 0 Å². The summed E-state index contributed by atoms with van der Waals surface area (Å²) in [4.78, 5) is 1.17. The standard InChI is InChI=1S/C25H17F11O6S2/c26-22(27,28)20(23(29,30)44(38,39)40)42-16-8-12-19(13-9-16)43(17-4-2-1-3-5-17)18-10-6-15(7-11-18)41-14-21(37,24(31,32)33)25(34,35)36/h1-13,20,37H,14H2. The Morgan fingerprint density at radius 2 is 1.09 bits per heavy atom. The zero-order valence-corrected chi connectivity index (χ0v) is 22.9. The van der Waals surface area contributed by atoms with E-state index in [1.165, 1.54) is 12.1 Å². The molecule has 0 aromatic heterocycles. The number of benzene rings is 3. The Bertz CT molecular complexity index is 1490. The first-order valence-corrected chi connectivity index (χ1v) is 14.2. The molecule has 3 rings (SSSR count). The molecule has 0 aliphatic carbocycles. The van der Waals surface area contributed by atoms with E-state index in [0.717, 1.165) is 36.4 Å². The first-order valence-electron chi connectivity index (χ1n) is 11.5. The summed E-state index contributed by atoms with van der Waals surface area (Å²) in [5, 5.41) is 3.38. The molecule has 0 bridgehead atoms. The maximum atomic E-state index is 13.8. The van der Waals surface area contributed by atoms with E-state index in [9.17, 15) is 66.4 Å². The third-order valence-electron chi connectivity index (χ3n) is 5.67. The molecule has 0 radical (unpaired) electrons. The molecule has 2 atom stereocenters. The molecule has 6 nitrogen and oxygen atoms in total. The fraction of sp³-hybridized carbons (Fsp3) is 0.280. The lowest BCUT2D eigenvalue weighted by Gasteiger charge is -2.31. The monoisotopic (exact) mass is 686 g/mol. The number of aliphatic hydroxyl groups is 1. The van der Waals surface area contributed by atoms with Crippen molar-refractivity contribution >= 4 is 21.0 Å². The van der Waals surface area contributed by atoms with Crippen LogP contribution < -0.4 is 9.47 Å². The van der Waals surface area contributed by atoms with Crippen molar-refractivity contribution in [1.29, 1.82) is 0 Å². The van der Waals surface area contributed by atoms with E-state index >= 15 is 0 Å². The van der Waals surface area contributed by atoms with Gasteiger partial charge in [0.1, 0.15) is 18.1 Å². The number of rotatable bonds is 10. The van der Waals surface area contributed by atoms with E-state index in [4.69, 9.17) is 0 Å². The van der Waals surface area contributed by atoms with Gasteiger partial charge in [-0.05, 0) is 60.7 Å². The largest absolute Gasteiger partial charge is 0.743 e. The Kier molecular flexibility index (Phi) is 9.79. The molecule has 0 aliphatic heterocycles. The van der Waals surface area contributed by atoms with Gasteiger partial charge in [0, 0.05) is 0 Å². The van der Waals surface area contributed by atoms with Crippen LogP contribution in [0, 0.1) is 0 Å². The van der Waals surface area contributed by atoms with E-state index in [1.54, 1.807) is 30.3 Å². The molecule has 1 N–H and O–H groups in total. The van der Waals surface area contributed by atoms with Crippen molar-refractivity contribution in [3.8, 4) is 11.5 Å². The molecule has 0 spiro atoms. The Morgan fingerprint density at radius 3 is 1.48 bits per heavy atom. The van der Waals surface area contributed by atoms with E-state index in [1.807, 2.05) is 0 Å². The lowest BCUT2D eigenvalue weighted by Crippen LogP contribution is -2.60. The first-order chi connectivity index (χ1) is 20.0. The summed E-state index contributed by atoms with van der Waals surface area (Å²) >= 11 is 0. The highest BCUT2D eigenvalue weighted by Crippen LogP contribution is 2.44. The molecule has 0 aliphatic rings. The molecule has 19 heteroatoms. The van der Waals surface area contributed by atoms with Crippen molar-refractivity contribution < 1.29 is 75.8 Å². The third kappa shape index (κ3) is 7.49. The molecule has 242 valence electrons. The second-order valence-corrected chi connectivity index (χ2v) is 12.2. The van der Waals surface area contributed by atoms with Gasteiger partial charge in [0.25, 0.3) is 11.7 Å². The van der Waals surface area contributed by atoms with Crippen molar-refractivity contribution in [3.63, 3.8) is 0 Å². The molecular weight excluding hydrogens is 669 g/mol. The average Bonchev–Trinajstić information content (AvgIpc) is 2.90. The summed E-state index contributed by atoms with van der Waals surface area (Å²) in [5.41, 5.74) is -5.16. The number of hydrogen-bond acceptors (Lipinski definition) is 6. The van der Waals surface area contributed by atoms with Gasteiger partial charge < -0.3 is 19.1 Å². The van der Waals surface area contributed by atoms with Crippen molar-refractivity contribution in [2.24, 2.45) is 0 Å². The van der Waals surface area contributed by atoms with Crippen LogP contribution in [-0.2, 0) is 21.0 Å². The molecule has 0 heterocycles. The highest BCUT2D eigenvalue weighted by Gasteiger charge is 2.71. The predicted molar refractivity (Wildman–Crippen MR) is 129 cm³/mol. The lowest BCUT2D eigenvalue weighted by molar-refractivity contribution is -0.373. The number of halogens is 11. The number of ether oxygens (including phenoxy) is 2. The maximum absolute atomic E-state index is 13.8. The normalized spacial score (nSPS) is 15.0. The maximum Gasteiger partial charge on any atom is 0.432 e. The molecule has 44 heavy (non-hydrogen) atoms. The van der Waals surface area contributed by atoms with Gasteiger partial charge in [-0.15, -0.1) is 0 Å². The van der Waals surface area contributed by atoms with Crippen LogP contribution in [0.25, 0.3) is 0 Å². The van der Waals surface area contributed by atoms with Crippen LogP contribution in [0.3, 0.4) is 0 Å². The quantitative estimate of drug-likeness (QED) is 0.149. The second kappa shape index (κ2) is 12.2. The summed E-state index contributed by atoms with van der Waals surface area (Å²) in [6.45, 7) is -2.21. The van der Waals surface area contributed by atoms with Crippen LogP contribution in [-0.4, -0.2) is 60.2 Å². The van der Waals surface area contributed by atoms with Gasteiger partial charge in [-0.3, -0.25) is 0 Å². The van der Waals surface area contributed by atoms with E-state index < -0.39 is 74.6 Å². The van der Waals surface area contributed by atoms with Gasteiger partial charge in [0.2, 0.25) is 0 Å². The summed E-state index contributed by atoms with van der Waals surface area (Å²) in [6, 6.07) is 16.3. The van der Waals surface area contributed by atoms with Crippen molar-refractivity contribution in [2.75, 3.05) is 6.61 Å². The average molecular weight is 687 g/mol. The van der Waals surface area contributed by atoms with Crippen molar-refractivity contribution in [3.05, 3.63) is 78.9 Å². The highest BCUT2D eigenvalue weighted by atomic mass is 32.2. The minimum absolute atomic E-state index is 0.285. The Hall–Kier alpha value is -3.29. The fourth-order valence-electron chi connectivity index (χ4n) is 3.40. The predicted octanol–water partition coefficient (Wildman–Crippen LogP) is 6.46. The summed E-state index contributed by atoms with van der Waals surface area (Å²) < 4.78 is 186. The summed E-state index contributed by atoms with van der Waals surface area (Å²) in [7, 11) is -7.97. The third-order valence-corrected chi connectivity index (χ3v) is 8.78. The van der Waals surface area contributed by atoms with E-state index in [-0.39, 0.29) is 4.90 Å². The van der Waals surface area contributed by atoms with Gasteiger partial charge in [-0.2, -0.15) is 48.3 Å². The van der Waals surface area contributed by atoms with E-state index in [2.05, 4.69) is 9.47 Å². The molecule has 0 saturated heterocycles. The lowest BCUT2D eigenvalue weighted by atomic mass is 10.0. The van der Waals surface area contributed by atoms with Crippen molar-refractivity contribution in [2.45, 2.75) is 50.2 Å². The molecule has 0 amide bonds. The summed E-state index contributed by atoms with van der Waals surface area (Å²) in [5.74, 6) is -1.38. The van der Waals surface area contributed by atoms with Crippen LogP contribution in [0.4, 0.5) is 48.3 Å². The Balaban J connectivity index is 1.93. The molecule has 3 aromatic rings. The molecule has 3 aromatic carbocycles. The zero-order valence-electron chi connectivity index (χ0n) is 21.3. The molecule has 0 fully saturated rings. The molecular formula is C25H17F11O6S2. The van der Waals surface area contributed by atoms with Gasteiger partial charge in [0.05, 0.1) is 10.9 Å². The number of hydrogen-bond donors (Lipinski definition) is 1. The van der Waals surface area contributed by atoms with Crippen LogP contribution >= 0.6 is 0 Å². The summed E-state index contributed by atoms with van der Waals surface area (Å²) in [6.07, 6.45) is -22.5. The molecule has 2 unspecified atom stereocenters. The smallest absolute Gasteiger partial charge is 0.432 e. The van der Waals surface area contributed by atoms with Gasteiger partial charge in [0.15, 0.2) is 24.8 Å². The van der Waals surface area contributed by atoms with Crippen LogP contribution in [0.2, 0.25) is 0 Å². The minimum atomic E-state index is -6.79. The van der Waals surface area contributed by atoms with Gasteiger partial charge >= 0.3 is 23.8 Å². The molecule has 0 saturated carbocycles. The van der Waals surface area contributed by atoms with Gasteiger partial charge in [-0.1, -0.05) is 18.2 Å². The van der Waals surface area contributed by atoms with E-state index in [0.29, 0.717) is 9.79 Å².